The molecule has 0 aliphatic carbocycles. The minimum atomic E-state index is 0.0216. The molecule has 0 radical (unpaired) electrons. The van der Waals surface area contributed by atoms with Crippen molar-refractivity contribution in [1.29, 1.82) is 0 Å². The molecule has 1 aliphatic heterocycles. The number of hydrogen-bond acceptors (Lipinski definition) is 6. The summed E-state index contributed by atoms with van der Waals surface area (Å²) in [4.78, 5) is 26.6. The number of carbonyl (C=O) groups excluding carboxylic acids is 1. The molecule has 0 bridgehead atoms. The van der Waals surface area contributed by atoms with Crippen LogP contribution in [0, 0.1) is 0 Å². The molecule has 0 saturated carbocycles. The first-order valence-corrected chi connectivity index (χ1v) is 11.6. The second-order valence-electron chi connectivity index (χ2n) is 7.73. The Labute approximate surface area is 187 Å². The summed E-state index contributed by atoms with van der Waals surface area (Å²) in [6, 6.07) is 18.1. The van der Waals surface area contributed by atoms with Crippen molar-refractivity contribution in [2.45, 2.75) is 24.5 Å². The number of morpholine rings is 1. The lowest BCUT2D eigenvalue weighted by atomic mass is 10.1. The zero-order valence-electron chi connectivity index (χ0n) is 18.0. The Hall–Kier alpha value is -2.48. The van der Waals surface area contributed by atoms with Gasteiger partial charge in [0.25, 0.3) is 0 Å². The van der Waals surface area contributed by atoms with Crippen molar-refractivity contribution in [1.82, 2.24) is 19.8 Å². The summed E-state index contributed by atoms with van der Waals surface area (Å²) >= 11 is 1.49. The number of amides is 1. The zero-order chi connectivity index (χ0) is 21.6. The summed E-state index contributed by atoms with van der Waals surface area (Å²) in [5.74, 6) is 1.21. The van der Waals surface area contributed by atoms with Crippen LogP contribution >= 0.6 is 11.8 Å². The number of para-hydroxylation sites is 1. The van der Waals surface area contributed by atoms with E-state index in [1.807, 2.05) is 49.5 Å². The van der Waals surface area contributed by atoms with Crippen LogP contribution in [-0.2, 0) is 16.1 Å². The lowest BCUT2D eigenvalue weighted by molar-refractivity contribution is -0.128. The Morgan fingerprint density at radius 2 is 1.81 bits per heavy atom. The summed E-state index contributed by atoms with van der Waals surface area (Å²) in [5.41, 5.74) is 2.05. The summed E-state index contributed by atoms with van der Waals surface area (Å²) in [6.07, 6.45) is 0. The number of hydrogen-bond donors (Lipinski definition) is 0. The van der Waals surface area contributed by atoms with Crippen molar-refractivity contribution in [2.75, 3.05) is 39.1 Å². The minimum Gasteiger partial charge on any atom is -0.379 e. The number of fused-ring (bicyclic) bond motifs is 1. The van der Waals surface area contributed by atoms with E-state index in [-0.39, 0.29) is 11.9 Å². The normalized spacial score (nSPS) is 15.7. The second kappa shape index (κ2) is 10.2. The highest BCUT2D eigenvalue weighted by molar-refractivity contribution is 8.00. The molecular weight excluding hydrogens is 408 g/mol. The van der Waals surface area contributed by atoms with E-state index >= 15 is 0 Å². The fourth-order valence-corrected chi connectivity index (χ4v) is 4.60. The molecule has 1 aromatic heterocycles. The van der Waals surface area contributed by atoms with Crippen molar-refractivity contribution < 1.29 is 9.53 Å². The molecule has 1 aliphatic rings. The summed E-state index contributed by atoms with van der Waals surface area (Å²) in [7, 11) is 1.86. The quantitative estimate of drug-likeness (QED) is 0.415. The number of rotatable bonds is 7. The van der Waals surface area contributed by atoms with Crippen LogP contribution in [0.2, 0.25) is 0 Å². The Bertz CT molecular complexity index is 1020. The van der Waals surface area contributed by atoms with E-state index in [2.05, 4.69) is 24.0 Å². The highest BCUT2D eigenvalue weighted by atomic mass is 32.2. The number of benzene rings is 2. The van der Waals surface area contributed by atoms with Crippen LogP contribution in [0.5, 0.6) is 0 Å². The molecule has 6 nitrogen and oxygen atoms in total. The summed E-state index contributed by atoms with van der Waals surface area (Å²) in [6.45, 7) is 6.02. The van der Waals surface area contributed by atoms with E-state index < -0.39 is 0 Å². The van der Waals surface area contributed by atoms with Gasteiger partial charge in [0, 0.05) is 25.5 Å². The average molecular weight is 437 g/mol. The Morgan fingerprint density at radius 1 is 1.10 bits per heavy atom. The molecule has 1 fully saturated rings. The van der Waals surface area contributed by atoms with E-state index in [9.17, 15) is 4.79 Å². The molecule has 162 valence electrons. The number of ether oxygens (including phenoxy) is 1. The zero-order valence-corrected chi connectivity index (χ0v) is 18.8. The molecule has 0 N–H and O–H groups in total. The molecule has 1 atom stereocenters. The van der Waals surface area contributed by atoms with Gasteiger partial charge < -0.3 is 9.64 Å². The number of nitrogens with zero attached hydrogens (tertiary/aromatic N) is 4. The predicted molar refractivity (Wildman–Crippen MR) is 124 cm³/mol. The summed E-state index contributed by atoms with van der Waals surface area (Å²) < 4.78 is 5.44. The number of thioether (sulfide) groups is 1. The fraction of sp³-hybridized carbons (Fsp3) is 0.375. The SMILES string of the molecule is CC(c1ccccc1)N(C)C(=O)CSc1nc(CN2CCOCC2)nc2ccccc12. The molecule has 1 saturated heterocycles. The van der Waals surface area contributed by atoms with Crippen molar-refractivity contribution in [3.8, 4) is 0 Å². The van der Waals surface area contributed by atoms with E-state index in [4.69, 9.17) is 14.7 Å². The standard InChI is InChI=1S/C24H28N4O2S/c1-18(19-8-4-3-5-9-19)27(2)23(29)17-31-24-20-10-6-7-11-21(20)25-22(26-24)16-28-12-14-30-15-13-28/h3-11,18H,12-17H2,1-2H3. The van der Waals surface area contributed by atoms with E-state index in [0.29, 0.717) is 12.3 Å². The van der Waals surface area contributed by atoms with Gasteiger partial charge in [-0.3, -0.25) is 9.69 Å². The van der Waals surface area contributed by atoms with Crippen molar-refractivity contribution in [3.05, 3.63) is 66.0 Å². The molecule has 1 unspecified atom stereocenters. The van der Waals surface area contributed by atoms with Crippen LogP contribution in [0.3, 0.4) is 0 Å². The van der Waals surface area contributed by atoms with Gasteiger partial charge in [0.1, 0.15) is 10.9 Å². The maximum absolute atomic E-state index is 12.9. The molecule has 4 rings (SSSR count). The third-order valence-electron chi connectivity index (χ3n) is 5.67. The predicted octanol–water partition coefficient (Wildman–Crippen LogP) is 3.77. The number of carbonyl (C=O) groups is 1. The van der Waals surface area contributed by atoms with Gasteiger partial charge in [-0.2, -0.15) is 0 Å². The molecule has 2 heterocycles. The maximum atomic E-state index is 12.9. The summed E-state index contributed by atoms with van der Waals surface area (Å²) in [5, 5.41) is 1.85. The first kappa shape index (κ1) is 21.7. The lowest BCUT2D eigenvalue weighted by Crippen LogP contribution is -2.36. The average Bonchev–Trinajstić information content (AvgIpc) is 2.82. The Kier molecular flexibility index (Phi) is 7.17. The van der Waals surface area contributed by atoms with Crippen molar-refractivity contribution in [3.63, 3.8) is 0 Å². The van der Waals surface area contributed by atoms with Crippen molar-refractivity contribution >= 4 is 28.6 Å². The Morgan fingerprint density at radius 3 is 2.58 bits per heavy atom. The van der Waals surface area contributed by atoms with Gasteiger partial charge in [0.15, 0.2) is 0 Å². The third kappa shape index (κ3) is 5.42. The fourth-order valence-electron chi connectivity index (χ4n) is 3.64. The van der Waals surface area contributed by atoms with Crippen LogP contribution in [0.15, 0.2) is 59.6 Å². The van der Waals surface area contributed by atoms with E-state index in [0.717, 1.165) is 53.6 Å². The highest BCUT2D eigenvalue weighted by Crippen LogP contribution is 2.27. The van der Waals surface area contributed by atoms with Crippen LogP contribution in [-0.4, -0.2) is 64.8 Å². The van der Waals surface area contributed by atoms with Gasteiger partial charge >= 0.3 is 0 Å². The smallest absolute Gasteiger partial charge is 0.233 e. The van der Waals surface area contributed by atoms with Gasteiger partial charge in [-0.05, 0) is 18.6 Å². The molecule has 7 heteroatoms. The van der Waals surface area contributed by atoms with E-state index in [1.165, 1.54) is 11.8 Å². The van der Waals surface area contributed by atoms with Crippen LogP contribution in [0.25, 0.3) is 10.9 Å². The van der Waals surface area contributed by atoms with Crippen LogP contribution in [0.1, 0.15) is 24.4 Å². The van der Waals surface area contributed by atoms with Gasteiger partial charge in [0.2, 0.25) is 5.91 Å². The first-order valence-electron chi connectivity index (χ1n) is 10.6. The van der Waals surface area contributed by atoms with Crippen molar-refractivity contribution in [2.24, 2.45) is 0 Å². The third-order valence-corrected chi connectivity index (χ3v) is 6.65. The van der Waals surface area contributed by atoms with E-state index in [1.54, 1.807) is 4.90 Å². The lowest BCUT2D eigenvalue weighted by Gasteiger charge is -2.26. The maximum Gasteiger partial charge on any atom is 0.233 e. The van der Waals surface area contributed by atoms with Crippen LogP contribution < -0.4 is 0 Å². The topological polar surface area (TPSA) is 58.6 Å². The van der Waals surface area contributed by atoms with Gasteiger partial charge in [-0.15, -0.1) is 0 Å². The molecule has 3 aromatic rings. The van der Waals surface area contributed by atoms with Gasteiger partial charge in [0.05, 0.1) is 37.1 Å². The van der Waals surface area contributed by atoms with Gasteiger partial charge in [-0.25, -0.2) is 9.97 Å². The molecule has 0 spiro atoms. The molecule has 2 aromatic carbocycles. The highest BCUT2D eigenvalue weighted by Gasteiger charge is 2.19. The second-order valence-corrected chi connectivity index (χ2v) is 8.69. The Balaban J connectivity index is 1.48. The molecular formula is C24H28N4O2S. The molecule has 31 heavy (non-hydrogen) atoms. The first-order chi connectivity index (χ1) is 15.1. The van der Waals surface area contributed by atoms with Crippen LogP contribution in [0.4, 0.5) is 0 Å². The van der Waals surface area contributed by atoms with Gasteiger partial charge in [-0.1, -0.05) is 60.3 Å². The minimum absolute atomic E-state index is 0.0216. The number of aromatic nitrogens is 2. The monoisotopic (exact) mass is 436 g/mol. The largest absolute Gasteiger partial charge is 0.379 e. The molecule has 1 amide bonds.